The summed E-state index contributed by atoms with van der Waals surface area (Å²) in [6.07, 6.45) is 8.23. The van der Waals surface area contributed by atoms with Crippen molar-refractivity contribution in [3.05, 3.63) is 0 Å². The Hall–Kier alpha value is -1.06. The Morgan fingerprint density at radius 2 is 1.95 bits per heavy atom. The first-order chi connectivity index (χ1) is 10.2. The van der Waals surface area contributed by atoms with Crippen LogP contribution >= 0.6 is 0 Å². The van der Waals surface area contributed by atoms with E-state index in [-0.39, 0.29) is 17.8 Å². The zero-order valence-corrected chi connectivity index (χ0v) is 13.8. The van der Waals surface area contributed by atoms with Crippen LogP contribution in [-0.4, -0.2) is 25.0 Å². The van der Waals surface area contributed by atoms with Gasteiger partial charge >= 0.3 is 5.97 Å². The van der Waals surface area contributed by atoms with E-state index < -0.39 is 5.92 Å². The Labute approximate surface area is 129 Å². The molecule has 4 nitrogen and oxygen atoms in total. The summed E-state index contributed by atoms with van der Waals surface area (Å²) in [5.41, 5.74) is 0. The molecule has 3 atom stereocenters. The molecule has 1 fully saturated rings. The number of hydrogen-bond donors (Lipinski definition) is 1. The Balaban J connectivity index is 2.65. The number of rotatable bonds is 10. The van der Waals surface area contributed by atoms with Gasteiger partial charge in [0, 0.05) is 12.5 Å². The van der Waals surface area contributed by atoms with Gasteiger partial charge in [0.1, 0.15) is 5.92 Å². The number of nitrogens with one attached hydrogen (secondary N) is 1. The highest BCUT2D eigenvalue weighted by Crippen LogP contribution is 2.33. The average Bonchev–Trinajstić information content (AvgIpc) is 2.84. The summed E-state index contributed by atoms with van der Waals surface area (Å²) < 4.78 is 5.10. The average molecular weight is 297 g/mol. The number of carbonyl (C=O) groups excluding carboxylic acids is 2. The summed E-state index contributed by atoms with van der Waals surface area (Å²) in [5.74, 6) is -0.522. The highest BCUT2D eigenvalue weighted by Gasteiger charge is 2.44. The lowest BCUT2D eigenvalue weighted by Crippen LogP contribution is -2.32. The summed E-state index contributed by atoms with van der Waals surface area (Å²) in [6.45, 7) is 7.13. The Morgan fingerprint density at radius 1 is 1.19 bits per heavy atom. The van der Waals surface area contributed by atoms with E-state index in [9.17, 15) is 9.59 Å². The minimum Gasteiger partial charge on any atom is -0.465 e. The largest absolute Gasteiger partial charge is 0.465 e. The third-order valence-electron chi connectivity index (χ3n) is 4.46. The quantitative estimate of drug-likeness (QED) is 0.382. The van der Waals surface area contributed by atoms with Gasteiger partial charge in [0.05, 0.1) is 6.61 Å². The summed E-state index contributed by atoms with van der Waals surface area (Å²) >= 11 is 0. The lowest BCUT2D eigenvalue weighted by Gasteiger charge is -2.25. The van der Waals surface area contributed by atoms with Crippen LogP contribution in [0.4, 0.5) is 0 Å². The standard InChI is InChI=1S/C17H31NO3/c1-4-7-8-9-11-13(10-5-2)14-12-18-16(19)15(14)17(20)21-6-3/h13-15H,4-12H2,1-3H3,(H,18,19)/t13-,14?,15-/m1/s1. The van der Waals surface area contributed by atoms with Crippen molar-refractivity contribution in [3.63, 3.8) is 0 Å². The minimum absolute atomic E-state index is 0.109. The molecule has 0 saturated carbocycles. The molecule has 21 heavy (non-hydrogen) atoms. The second-order valence-electron chi connectivity index (χ2n) is 6.04. The van der Waals surface area contributed by atoms with Crippen LogP contribution in [0.15, 0.2) is 0 Å². The van der Waals surface area contributed by atoms with Crippen molar-refractivity contribution < 1.29 is 14.3 Å². The van der Waals surface area contributed by atoms with Crippen LogP contribution in [0.3, 0.4) is 0 Å². The van der Waals surface area contributed by atoms with Crippen molar-refractivity contribution in [2.75, 3.05) is 13.2 Å². The van der Waals surface area contributed by atoms with E-state index in [2.05, 4.69) is 19.2 Å². The van der Waals surface area contributed by atoms with E-state index in [0.717, 1.165) is 19.3 Å². The van der Waals surface area contributed by atoms with Gasteiger partial charge in [-0.1, -0.05) is 58.8 Å². The first-order valence-corrected chi connectivity index (χ1v) is 8.59. The van der Waals surface area contributed by atoms with Gasteiger partial charge in [-0.15, -0.1) is 0 Å². The molecule has 1 amide bonds. The third kappa shape index (κ3) is 5.33. The monoisotopic (exact) mass is 297 g/mol. The van der Waals surface area contributed by atoms with Gasteiger partial charge < -0.3 is 10.1 Å². The number of unbranched alkanes of at least 4 members (excludes halogenated alkanes) is 3. The van der Waals surface area contributed by atoms with E-state index in [1.54, 1.807) is 6.92 Å². The maximum Gasteiger partial charge on any atom is 0.318 e. The number of carbonyl (C=O) groups is 2. The Bertz CT molecular complexity index is 330. The maximum absolute atomic E-state index is 12.1. The first kappa shape index (κ1) is 18.0. The van der Waals surface area contributed by atoms with E-state index in [1.807, 2.05) is 0 Å². The van der Waals surface area contributed by atoms with Gasteiger partial charge in [-0.05, 0) is 12.8 Å². The first-order valence-electron chi connectivity index (χ1n) is 8.59. The third-order valence-corrected chi connectivity index (χ3v) is 4.46. The van der Waals surface area contributed by atoms with Gasteiger partial charge in [-0.2, -0.15) is 0 Å². The van der Waals surface area contributed by atoms with E-state index in [1.165, 1.54) is 25.7 Å². The normalized spacial score (nSPS) is 22.9. The van der Waals surface area contributed by atoms with Crippen LogP contribution in [0.1, 0.15) is 65.7 Å². The predicted octanol–water partition coefficient (Wildman–Crippen LogP) is 3.30. The molecular weight excluding hydrogens is 266 g/mol. The van der Waals surface area contributed by atoms with Gasteiger partial charge in [0.15, 0.2) is 0 Å². The number of esters is 1. The molecule has 1 N–H and O–H groups in total. The van der Waals surface area contributed by atoms with Gasteiger partial charge in [-0.3, -0.25) is 9.59 Å². The van der Waals surface area contributed by atoms with E-state index in [4.69, 9.17) is 4.74 Å². The van der Waals surface area contributed by atoms with Crippen LogP contribution in [0.25, 0.3) is 0 Å². The van der Waals surface area contributed by atoms with Crippen LogP contribution in [0.5, 0.6) is 0 Å². The van der Waals surface area contributed by atoms with Crippen LogP contribution in [0, 0.1) is 17.8 Å². The molecule has 4 heteroatoms. The van der Waals surface area contributed by atoms with Gasteiger partial charge in [0.25, 0.3) is 0 Å². The van der Waals surface area contributed by atoms with Crippen molar-refractivity contribution in [2.45, 2.75) is 65.7 Å². The molecule has 1 unspecified atom stereocenters. The lowest BCUT2D eigenvalue weighted by molar-refractivity contribution is -0.153. The summed E-state index contributed by atoms with van der Waals surface area (Å²) in [4.78, 5) is 24.0. The molecule has 1 aliphatic rings. The topological polar surface area (TPSA) is 55.4 Å². The Morgan fingerprint density at radius 3 is 2.57 bits per heavy atom. The Kier molecular flexibility index (Phi) is 8.40. The van der Waals surface area contributed by atoms with Crippen LogP contribution in [0.2, 0.25) is 0 Å². The maximum atomic E-state index is 12.1. The summed E-state index contributed by atoms with van der Waals surface area (Å²) in [5, 5.41) is 2.86. The number of ether oxygens (including phenoxy) is 1. The second kappa shape index (κ2) is 9.80. The zero-order chi connectivity index (χ0) is 15.7. The fourth-order valence-corrected chi connectivity index (χ4v) is 3.37. The minimum atomic E-state index is -0.590. The number of amides is 1. The lowest BCUT2D eigenvalue weighted by atomic mass is 9.78. The molecular formula is C17H31NO3. The molecule has 0 bridgehead atoms. The predicted molar refractivity (Wildman–Crippen MR) is 83.8 cm³/mol. The molecule has 0 radical (unpaired) electrons. The smallest absolute Gasteiger partial charge is 0.318 e. The molecule has 0 aromatic rings. The van der Waals surface area contributed by atoms with E-state index in [0.29, 0.717) is 19.1 Å². The molecule has 0 aliphatic carbocycles. The fourth-order valence-electron chi connectivity index (χ4n) is 3.37. The summed E-state index contributed by atoms with van der Waals surface area (Å²) in [6, 6.07) is 0. The van der Waals surface area contributed by atoms with Crippen molar-refractivity contribution in [2.24, 2.45) is 17.8 Å². The van der Waals surface area contributed by atoms with Gasteiger partial charge in [-0.25, -0.2) is 0 Å². The zero-order valence-electron chi connectivity index (χ0n) is 13.8. The molecule has 0 spiro atoms. The second-order valence-corrected chi connectivity index (χ2v) is 6.04. The van der Waals surface area contributed by atoms with Crippen molar-refractivity contribution >= 4 is 11.9 Å². The molecule has 0 aromatic carbocycles. The van der Waals surface area contributed by atoms with Gasteiger partial charge in [0.2, 0.25) is 5.91 Å². The fraction of sp³-hybridized carbons (Fsp3) is 0.882. The van der Waals surface area contributed by atoms with Crippen molar-refractivity contribution in [1.82, 2.24) is 5.32 Å². The van der Waals surface area contributed by atoms with Crippen molar-refractivity contribution in [3.8, 4) is 0 Å². The molecule has 122 valence electrons. The van der Waals surface area contributed by atoms with Crippen LogP contribution in [-0.2, 0) is 14.3 Å². The number of hydrogen-bond acceptors (Lipinski definition) is 3. The molecule has 0 aromatic heterocycles. The molecule has 1 rings (SSSR count). The molecule has 1 heterocycles. The van der Waals surface area contributed by atoms with E-state index >= 15 is 0 Å². The SMILES string of the molecule is CCCCCC[C@@H](CCC)C1CNC(=O)[C@@H]1C(=O)OCC. The van der Waals surface area contributed by atoms with Crippen molar-refractivity contribution in [1.29, 1.82) is 0 Å². The highest BCUT2D eigenvalue weighted by molar-refractivity contribution is 5.99. The van der Waals surface area contributed by atoms with Crippen LogP contribution < -0.4 is 5.32 Å². The highest BCUT2D eigenvalue weighted by atomic mass is 16.5. The molecule has 1 saturated heterocycles. The molecule has 1 aliphatic heterocycles. The summed E-state index contributed by atoms with van der Waals surface area (Å²) in [7, 11) is 0.